The molecule has 1 aromatic heterocycles. The molecule has 0 unspecified atom stereocenters. The lowest BCUT2D eigenvalue weighted by atomic mass is 10.3. The highest BCUT2D eigenvalue weighted by Gasteiger charge is 2.12. The van der Waals surface area contributed by atoms with Crippen molar-refractivity contribution < 1.29 is 9.66 Å². The van der Waals surface area contributed by atoms with E-state index in [1.165, 1.54) is 6.20 Å². The highest BCUT2D eigenvalue weighted by Crippen LogP contribution is 2.31. The predicted octanol–water partition coefficient (Wildman–Crippen LogP) is 2.89. The summed E-state index contributed by atoms with van der Waals surface area (Å²) in [5.41, 5.74) is 0.961. The van der Waals surface area contributed by atoms with Crippen LogP contribution in [0.25, 0.3) is 0 Å². The lowest BCUT2D eigenvalue weighted by Gasteiger charge is -2.02. The van der Waals surface area contributed by atoms with E-state index in [1.807, 2.05) is 19.2 Å². The summed E-state index contributed by atoms with van der Waals surface area (Å²) in [5.74, 6) is 0.591. The summed E-state index contributed by atoms with van der Waals surface area (Å²) in [5, 5.41) is 13.7. The molecular formula is C10H9N3O3S. The fraction of sp³-hybridized carbons (Fsp3) is 0.100. The van der Waals surface area contributed by atoms with Crippen molar-refractivity contribution in [3.8, 4) is 10.9 Å². The van der Waals surface area contributed by atoms with Gasteiger partial charge >= 0.3 is 5.00 Å². The number of nitrogens with one attached hydrogen (secondary N) is 1. The van der Waals surface area contributed by atoms with Crippen LogP contribution < -0.4 is 10.1 Å². The van der Waals surface area contributed by atoms with Gasteiger partial charge in [-0.1, -0.05) is 0 Å². The second kappa shape index (κ2) is 4.79. The Hall–Kier alpha value is -2.15. The second-order valence-electron chi connectivity index (χ2n) is 3.10. The first-order valence-electron chi connectivity index (χ1n) is 4.75. The molecule has 0 atom stereocenters. The first-order chi connectivity index (χ1) is 8.19. The Labute approximate surface area is 101 Å². The number of benzene rings is 1. The zero-order valence-electron chi connectivity index (χ0n) is 8.91. The van der Waals surface area contributed by atoms with E-state index in [4.69, 9.17) is 4.74 Å². The molecule has 1 aromatic carbocycles. The third-order valence-electron chi connectivity index (χ3n) is 2.00. The molecule has 1 N–H and O–H groups in total. The maximum absolute atomic E-state index is 10.5. The molecule has 0 fully saturated rings. The monoisotopic (exact) mass is 251 g/mol. The molecule has 7 heteroatoms. The third kappa shape index (κ3) is 2.70. The minimum absolute atomic E-state index is 0.0353. The van der Waals surface area contributed by atoms with Crippen LogP contribution >= 0.6 is 11.3 Å². The zero-order chi connectivity index (χ0) is 12.3. The smallest absolute Gasteiger partial charge is 0.347 e. The number of aromatic nitrogens is 1. The summed E-state index contributed by atoms with van der Waals surface area (Å²) in [6.07, 6.45) is 1.18. The minimum atomic E-state index is -0.491. The Kier molecular flexibility index (Phi) is 3.20. The average Bonchev–Trinajstić information content (AvgIpc) is 2.79. The van der Waals surface area contributed by atoms with Gasteiger partial charge in [-0.05, 0) is 35.6 Å². The molecular weight excluding hydrogens is 242 g/mol. The van der Waals surface area contributed by atoms with Crippen LogP contribution in [0.3, 0.4) is 0 Å². The SMILES string of the molecule is CNc1ccc(Oc2ncc([N+](=O)[O-])s2)cc1. The van der Waals surface area contributed by atoms with E-state index in [2.05, 4.69) is 10.3 Å². The van der Waals surface area contributed by atoms with Gasteiger partial charge in [0.05, 0.1) is 4.92 Å². The highest BCUT2D eigenvalue weighted by molar-refractivity contribution is 7.16. The largest absolute Gasteiger partial charge is 0.431 e. The number of nitro groups is 1. The minimum Gasteiger partial charge on any atom is -0.431 e. The van der Waals surface area contributed by atoms with Crippen molar-refractivity contribution in [3.05, 3.63) is 40.6 Å². The van der Waals surface area contributed by atoms with Crippen LogP contribution in [0.4, 0.5) is 10.7 Å². The first kappa shape index (κ1) is 11.3. The number of nitrogens with zero attached hydrogens (tertiary/aromatic N) is 2. The van der Waals surface area contributed by atoms with E-state index in [0.29, 0.717) is 5.75 Å². The van der Waals surface area contributed by atoms with Crippen LogP contribution in [0.15, 0.2) is 30.5 Å². The summed E-state index contributed by atoms with van der Waals surface area (Å²) < 4.78 is 5.38. The number of thiazole rings is 1. The molecule has 0 amide bonds. The molecule has 0 spiro atoms. The van der Waals surface area contributed by atoms with E-state index in [1.54, 1.807) is 12.1 Å². The number of ether oxygens (including phenoxy) is 1. The molecule has 0 aliphatic heterocycles. The molecule has 0 aliphatic carbocycles. The van der Waals surface area contributed by atoms with Gasteiger partial charge in [0, 0.05) is 12.7 Å². The van der Waals surface area contributed by atoms with Crippen molar-refractivity contribution in [2.24, 2.45) is 0 Å². The van der Waals surface area contributed by atoms with Crippen LogP contribution in [-0.2, 0) is 0 Å². The molecule has 1 heterocycles. The van der Waals surface area contributed by atoms with Crippen molar-refractivity contribution in [1.82, 2.24) is 4.98 Å². The van der Waals surface area contributed by atoms with E-state index in [-0.39, 0.29) is 10.2 Å². The standard InChI is InChI=1S/C10H9N3O3S/c1-11-7-2-4-8(5-3-7)16-10-12-6-9(17-10)13(14)15/h2-6,11H,1H3. The Morgan fingerprint density at radius 3 is 2.65 bits per heavy atom. The fourth-order valence-corrected chi connectivity index (χ4v) is 1.77. The first-order valence-corrected chi connectivity index (χ1v) is 5.56. The van der Waals surface area contributed by atoms with Crippen molar-refractivity contribution in [2.45, 2.75) is 0 Å². The van der Waals surface area contributed by atoms with Crippen LogP contribution in [-0.4, -0.2) is 17.0 Å². The summed E-state index contributed by atoms with van der Waals surface area (Å²) in [7, 11) is 1.82. The number of hydrogen-bond donors (Lipinski definition) is 1. The van der Waals surface area contributed by atoms with Crippen LogP contribution in [0.5, 0.6) is 10.9 Å². The van der Waals surface area contributed by atoms with Gasteiger partial charge in [-0.25, -0.2) is 4.98 Å². The zero-order valence-corrected chi connectivity index (χ0v) is 9.73. The van der Waals surface area contributed by atoms with Gasteiger partial charge in [0.25, 0.3) is 5.19 Å². The number of rotatable bonds is 4. The van der Waals surface area contributed by atoms with Gasteiger partial charge in [-0.2, -0.15) is 0 Å². The van der Waals surface area contributed by atoms with Gasteiger partial charge < -0.3 is 10.1 Å². The Morgan fingerprint density at radius 1 is 1.41 bits per heavy atom. The van der Waals surface area contributed by atoms with Gasteiger partial charge in [0.1, 0.15) is 11.9 Å². The molecule has 0 saturated carbocycles. The molecule has 2 rings (SSSR count). The Morgan fingerprint density at radius 2 is 2.12 bits per heavy atom. The van der Waals surface area contributed by atoms with Crippen molar-refractivity contribution in [3.63, 3.8) is 0 Å². The van der Waals surface area contributed by atoms with Crippen molar-refractivity contribution in [1.29, 1.82) is 0 Å². The summed E-state index contributed by atoms with van der Waals surface area (Å²) >= 11 is 0.898. The van der Waals surface area contributed by atoms with E-state index in [0.717, 1.165) is 17.0 Å². The highest BCUT2D eigenvalue weighted by atomic mass is 32.1. The van der Waals surface area contributed by atoms with Gasteiger partial charge in [-0.15, -0.1) is 0 Å². The molecule has 0 saturated heterocycles. The van der Waals surface area contributed by atoms with Gasteiger partial charge in [-0.3, -0.25) is 10.1 Å². The van der Waals surface area contributed by atoms with E-state index in [9.17, 15) is 10.1 Å². The van der Waals surface area contributed by atoms with Crippen molar-refractivity contribution >= 4 is 22.0 Å². The summed E-state index contributed by atoms with van der Waals surface area (Å²) in [6.45, 7) is 0. The molecule has 0 radical (unpaired) electrons. The van der Waals surface area contributed by atoms with Crippen molar-refractivity contribution in [2.75, 3.05) is 12.4 Å². The molecule has 6 nitrogen and oxygen atoms in total. The summed E-state index contributed by atoms with van der Waals surface area (Å²) in [6, 6.07) is 7.22. The predicted molar refractivity (Wildman–Crippen MR) is 64.8 cm³/mol. The quantitative estimate of drug-likeness (QED) is 0.667. The second-order valence-corrected chi connectivity index (χ2v) is 4.07. The average molecular weight is 251 g/mol. The number of anilines is 1. The molecule has 0 aliphatic rings. The molecule has 17 heavy (non-hydrogen) atoms. The molecule has 0 bridgehead atoms. The Balaban J connectivity index is 2.11. The topological polar surface area (TPSA) is 77.3 Å². The van der Waals surface area contributed by atoms with E-state index >= 15 is 0 Å². The fourth-order valence-electron chi connectivity index (χ4n) is 1.17. The number of hydrogen-bond acceptors (Lipinski definition) is 6. The maximum atomic E-state index is 10.5. The lowest BCUT2D eigenvalue weighted by Crippen LogP contribution is -1.87. The summed E-state index contributed by atoms with van der Waals surface area (Å²) in [4.78, 5) is 13.8. The van der Waals surface area contributed by atoms with E-state index < -0.39 is 4.92 Å². The lowest BCUT2D eigenvalue weighted by molar-refractivity contribution is -0.380. The maximum Gasteiger partial charge on any atom is 0.347 e. The molecule has 88 valence electrons. The van der Waals surface area contributed by atoms with Crippen LogP contribution in [0, 0.1) is 10.1 Å². The van der Waals surface area contributed by atoms with Gasteiger partial charge in [0.2, 0.25) is 0 Å². The normalized spacial score (nSPS) is 9.94. The third-order valence-corrected chi connectivity index (χ3v) is 2.83. The van der Waals surface area contributed by atoms with Crippen LogP contribution in [0.1, 0.15) is 0 Å². The van der Waals surface area contributed by atoms with Gasteiger partial charge in [0.15, 0.2) is 0 Å². The Bertz CT molecular complexity index is 524. The molecule has 2 aromatic rings. The van der Waals surface area contributed by atoms with Crippen LogP contribution in [0.2, 0.25) is 0 Å².